The lowest BCUT2D eigenvalue weighted by Crippen LogP contribution is -2.46. The van der Waals surface area contributed by atoms with E-state index in [4.69, 9.17) is 4.74 Å². The summed E-state index contributed by atoms with van der Waals surface area (Å²) in [5.41, 5.74) is 0.479. The van der Waals surface area contributed by atoms with Crippen LogP contribution >= 0.6 is 0 Å². The molecule has 0 radical (unpaired) electrons. The Morgan fingerprint density at radius 2 is 2.00 bits per heavy atom. The van der Waals surface area contributed by atoms with Crippen molar-refractivity contribution in [2.75, 3.05) is 13.7 Å². The summed E-state index contributed by atoms with van der Waals surface area (Å²) in [4.78, 5) is 14.4. The minimum Gasteiger partial charge on any atom is -0.369 e. The summed E-state index contributed by atoms with van der Waals surface area (Å²) < 4.78 is 5.30. The van der Waals surface area contributed by atoms with Gasteiger partial charge in [-0.2, -0.15) is 0 Å². The van der Waals surface area contributed by atoms with E-state index in [9.17, 15) is 4.79 Å². The van der Waals surface area contributed by atoms with Crippen molar-refractivity contribution >= 4 is 5.91 Å². The molecule has 1 aliphatic heterocycles. The molecule has 1 heterocycles. The largest absolute Gasteiger partial charge is 0.369 e. The van der Waals surface area contributed by atoms with Gasteiger partial charge in [-0.1, -0.05) is 30.3 Å². The molecular formula is C15H21NO2. The normalized spacial score (nSPS) is 20.2. The number of ether oxygens (including phenoxy) is 1. The monoisotopic (exact) mass is 247 g/mol. The third-order valence-corrected chi connectivity index (χ3v) is 3.72. The van der Waals surface area contributed by atoms with Crippen LogP contribution in [0.3, 0.4) is 0 Å². The Morgan fingerprint density at radius 3 is 2.61 bits per heavy atom. The molecule has 3 heteroatoms. The van der Waals surface area contributed by atoms with Crippen LogP contribution in [0, 0.1) is 0 Å². The lowest BCUT2D eigenvalue weighted by molar-refractivity contribution is -0.152. The number of methoxy groups -OCH3 is 1. The van der Waals surface area contributed by atoms with E-state index in [1.54, 1.807) is 7.11 Å². The van der Waals surface area contributed by atoms with E-state index < -0.39 is 5.60 Å². The van der Waals surface area contributed by atoms with E-state index in [-0.39, 0.29) is 11.9 Å². The molecule has 2 rings (SSSR count). The number of hydrogen-bond donors (Lipinski definition) is 0. The van der Waals surface area contributed by atoms with Gasteiger partial charge in [-0.3, -0.25) is 4.79 Å². The molecule has 0 aliphatic carbocycles. The SMILES string of the molecule is COC(C)(C)C(=O)N1CCCC1c1ccccc1. The van der Waals surface area contributed by atoms with Gasteiger partial charge in [0.2, 0.25) is 0 Å². The summed E-state index contributed by atoms with van der Waals surface area (Å²) in [7, 11) is 1.59. The third-order valence-electron chi connectivity index (χ3n) is 3.72. The van der Waals surface area contributed by atoms with Gasteiger partial charge in [0.05, 0.1) is 6.04 Å². The summed E-state index contributed by atoms with van der Waals surface area (Å²) in [5.74, 6) is 0.0800. The molecule has 1 aliphatic rings. The van der Waals surface area contributed by atoms with E-state index in [1.165, 1.54) is 5.56 Å². The van der Waals surface area contributed by atoms with Gasteiger partial charge in [-0.05, 0) is 32.3 Å². The van der Waals surface area contributed by atoms with Crippen LogP contribution in [0.5, 0.6) is 0 Å². The Bertz CT molecular complexity index is 414. The molecule has 0 aromatic heterocycles. The number of benzene rings is 1. The minimum atomic E-state index is -0.739. The predicted octanol–water partition coefficient (Wildman–Crippen LogP) is 2.78. The van der Waals surface area contributed by atoms with E-state index in [0.29, 0.717) is 0 Å². The standard InChI is InChI=1S/C15H21NO2/c1-15(2,18-3)14(17)16-11-7-10-13(16)12-8-5-4-6-9-12/h4-6,8-9,13H,7,10-11H2,1-3H3. The Morgan fingerprint density at radius 1 is 1.33 bits per heavy atom. The second-order valence-corrected chi connectivity index (χ2v) is 5.28. The molecule has 3 nitrogen and oxygen atoms in total. The minimum absolute atomic E-state index is 0.0800. The summed E-state index contributed by atoms with van der Waals surface area (Å²) in [6.45, 7) is 4.48. The fraction of sp³-hybridized carbons (Fsp3) is 0.533. The second kappa shape index (κ2) is 5.11. The molecule has 0 spiro atoms. The Balaban J connectivity index is 2.21. The fourth-order valence-electron chi connectivity index (χ4n) is 2.46. The molecule has 1 aromatic rings. The maximum absolute atomic E-state index is 12.5. The van der Waals surface area contributed by atoms with Crippen LogP contribution < -0.4 is 0 Å². The first kappa shape index (κ1) is 13.1. The molecule has 98 valence electrons. The fourth-order valence-corrected chi connectivity index (χ4v) is 2.46. The molecule has 1 atom stereocenters. The molecule has 0 bridgehead atoms. The zero-order valence-electron chi connectivity index (χ0n) is 11.3. The van der Waals surface area contributed by atoms with Crippen LogP contribution in [0.2, 0.25) is 0 Å². The average molecular weight is 247 g/mol. The number of carbonyl (C=O) groups is 1. The van der Waals surface area contributed by atoms with Crippen molar-refractivity contribution in [3.05, 3.63) is 35.9 Å². The number of nitrogens with zero attached hydrogens (tertiary/aromatic N) is 1. The number of carbonyl (C=O) groups excluding carboxylic acids is 1. The third kappa shape index (κ3) is 2.41. The molecule has 0 N–H and O–H groups in total. The van der Waals surface area contributed by atoms with Gasteiger partial charge < -0.3 is 9.64 Å². The molecule has 1 unspecified atom stereocenters. The molecule has 1 fully saturated rings. The molecular weight excluding hydrogens is 226 g/mol. The lowest BCUT2D eigenvalue weighted by atomic mass is 10.0. The van der Waals surface area contributed by atoms with Gasteiger partial charge in [0, 0.05) is 13.7 Å². The van der Waals surface area contributed by atoms with Gasteiger partial charge in [0.25, 0.3) is 5.91 Å². The average Bonchev–Trinajstić information content (AvgIpc) is 2.87. The number of rotatable bonds is 3. The summed E-state index contributed by atoms with van der Waals surface area (Å²) in [6, 6.07) is 10.4. The first-order chi connectivity index (χ1) is 8.56. The van der Waals surface area contributed by atoms with Gasteiger partial charge in [0.1, 0.15) is 5.60 Å². The quantitative estimate of drug-likeness (QED) is 0.822. The van der Waals surface area contributed by atoms with E-state index in [2.05, 4.69) is 12.1 Å². The Hall–Kier alpha value is -1.35. The predicted molar refractivity (Wildman–Crippen MR) is 71.2 cm³/mol. The van der Waals surface area contributed by atoms with Gasteiger partial charge in [0.15, 0.2) is 0 Å². The van der Waals surface area contributed by atoms with Crippen molar-refractivity contribution in [3.8, 4) is 0 Å². The summed E-state index contributed by atoms with van der Waals surface area (Å²) >= 11 is 0. The smallest absolute Gasteiger partial charge is 0.254 e. The van der Waals surface area contributed by atoms with Gasteiger partial charge >= 0.3 is 0 Å². The van der Waals surface area contributed by atoms with Crippen LogP contribution in [0.1, 0.15) is 38.3 Å². The van der Waals surface area contributed by atoms with Crippen LogP contribution in [0.15, 0.2) is 30.3 Å². The van der Waals surface area contributed by atoms with Gasteiger partial charge in [-0.25, -0.2) is 0 Å². The van der Waals surface area contributed by atoms with E-state index in [1.807, 2.05) is 36.9 Å². The van der Waals surface area contributed by atoms with Crippen molar-refractivity contribution in [1.82, 2.24) is 4.90 Å². The molecule has 0 saturated carbocycles. The molecule has 1 saturated heterocycles. The van der Waals surface area contributed by atoms with Crippen molar-refractivity contribution < 1.29 is 9.53 Å². The number of hydrogen-bond acceptors (Lipinski definition) is 2. The highest BCUT2D eigenvalue weighted by molar-refractivity contribution is 5.85. The van der Waals surface area contributed by atoms with E-state index >= 15 is 0 Å². The molecule has 1 amide bonds. The highest BCUT2D eigenvalue weighted by Crippen LogP contribution is 2.33. The van der Waals surface area contributed by atoms with E-state index in [0.717, 1.165) is 19.4 Å². The Labute approximate surface area is 109 Å². The Kier molecular flexibility index (Phi) is 3.71. The first-order valence-corrected chi connectivity index (χ1v) is 6.47. The second-order valence-electron chi connectivity index (χ2n) is 5.28. The van der Waals surface area contributed by atoms with Crippen molar-refractivity contribution in [1.29, 1.82) is 0 Å². The number of likely N-dealkylation sites (tertiary alicyclic amines) is 1. The maximum atomic E-state index is 12.5. The van der Waals surface area contributed by atoms with Crippen LogP contribution in [-0.2, 0) is 9.53 Å². The summed E-state index contributed by atoms with van der Waals surface area (Å²) in [5, 5.41) is 0. The van der Waals surface area contributed by atoms with Crippen LogP contribution in [-0.4, -0.2) is 30.1 Å². The zero-order chi connectivity index (χ0) is 13.2. The topological polar surface area (TPSA) is 29.5 Å². The van der Waals surface area contributed by atoms with Crippen molar-refractivity contribution in [2.24, 2.45) is 0 Å². The van der Waals surface area contributed by atoms with Gasteiger partial charge in [-0.15, -0.1) is 0 Å². The zero-order valence-corrected chi connectivity index (χ0v) is 11.3. The maximum Gasteiger partial charge on any atom is 0.254 e. The van der Waals surface area contributed by atoms with Crippen molar-refractivity contribution in [2.45, 2.75) is 38.3 Å². The van der Waals surface area contributed by atoms with Crippen LogP contribution in [0.4, 0.5) is 0 Å². The number of amides is 1. The molecule has 1 aromatic carbocycles. The highest BCUT2D eigenvalue weighted by Gasteiger charge is 2.38. The molecule has 18 heavy (non-hydrogen) atoms. The highest BCUT2D eigenvalue weighted by atomic mass is 16.5. The summed E-state index contributed by atoms with van der Waals surface area (Å²) in [6.07, 6.45) is 2.10. The van der Waals surface area contributed by atoms with Crippen LogP contribution in [0.25, 0.3) is 0 Å². The lowest BCUT2D eigenvalue weighted by Gasteiger charge is -2.32. The first-order valence-electron chi connectivity index (χ1n) is 6.47. The van der Waals surface area contributed by atoms with Crippen molar-refractivity contribution in [3.63, 3.8) is 0 Å².